The standard InChI is InChI=1S/C12H8F6O2/c13-11(14,15)3-1-7-5-10(20)8(6-9(7)19)2-4-12(16,17)18/h1-6,19-20H/b3-1+,4-2+. The molecule has 0 spiro atoms. The predicted octanol–water partition coefficient (Wildman–Crippen LogP) is 4.25. The van der Waals surface area contributed by atoms with Crippen LogP contribution in [0.2, 0.25) is 0 Å². The van der Waals surface area contributed by atoms with Crippen LogP contribution in [0.1, 0.15) is 11.1 Å². The Morgan fingerprint density at radius 2 is 1.00 bits per heavy atom. The number of rotatable bonds is 2. The summed E-state index contributed by atoms with van der Waals surface area (Å²) in [5.74, 6) is -1.38. The molecule has 0 saturated heterocycles. The second-order valence-corrected chi connectivity index (χ2v) is 3.72. The Hall–Kier alpha value is -2.12. The van der Waals surface area contributed by atoms with Crippen molar-refractivity contribution < 1.29 is 36.6 Å². The monoisotopic (exact) mass is 298 g/mol. The van der Waals surface area contributed by atoms with Crippen LogP contribution in [0.25, 0.3) is 12.2 Å². The SMILES string of the molecule is Oc1cc(/C=C/C(F)(F)F)c(O)cc1/C=C/C(F)(F)F. The van der Waals surface area contributed by atoms with E-state index in [1.807, 2.05) is 0 Å². The minimum atomic E-state index is -4.61. The van der Waals surface area contributed by atoms with Crippen molar-refractivity contribution in [2.45, 2.75) is 12.4 Å². The lowest BCUT2D eigenvalue weighted by Crippen LogP contribution is -2.00. The maximum absolute atomic E-state index is 11.9. The molecule has 0 atom stereocenters. The van der Waals surface area contributed by atoms with Gasteiger partial charge in [-0.3, -0.25) is 0 Å². The lowest BCUT2D eigenvalue weighted by Gasteiger charge is -2.06. The molecule has 1 rings (SSSR count). The number of allylic oxidation sites excluding steroid dienone is 2. The van der Waals surface area contributed by atoms with E-state index in [1.54, 1.807) is 0 Å². The van der Waals surface area contributed by atoms with Crippen LogP contribution in [-0.4, -0.2) is 22.6 Å². The van der Waals surface area contributed by atoms with Crippen molar-refractivity contribution in [3.63, 3.8) is 0 Å². The molecule has 8 heteroatoms. The summed E-state index contributed by atoms with van der Waals surface area (Å²) in [6.45, 7) is 0. The molecule has 20 heavy (non-hydrogen) atoms. The number of halogens is 6. The van der Waals surface area contributed by atoms with E-state index in [4.69, 9.17) is 0 Å². The fraction of sp³-hybridized carbons (Fsp3) is 0.167. The van der Waals surface area contributed by atoms with Crippen LogP contribution < -0.4 is 0 Å². The summed E-state index contributed by atoms with van der Waals surface area (Å²) < 4.78 is 71.6. The molecular weight excluding hydrogens is 290 g/mol. The third kappa shape index (κ3) is 5.25. The lowest BCUT2D eigenvalue weighted by molar-refractivity contribution is -0.0800. The van der Waals surface area contributed by atoms with Gasteiger partial charge in [0, 0.05) is 23.3 Å². The summed E-state index contributed by atoms with van der Waals surface area (Å²) in [5.41, 5.74) is -0.743. The van der Waals surface area contributed by atoms with Gasteiger partial charge in [0.15, 0.2) is 0 Å². The Kier molecular flexibility index (Phi) is 4.36. The zero-order chi connectivity index (χ0) is 15.6. The Morgan fingerprint density at radius 3 is 1.25 bits per heavy atom. The molecule has 0 fully saturated rings. The molecule has 2 N–H and O–H groups in total. The van der Waals surface area contributed by atoms with Gasteiger partial charge in [0.2, 0.25) is 0 Å². The van der Waals surface area contributed by atoms with Crippen LogP contribution in [-0.2, 0) is 0 Å². The van der Waals surface area contributed by atoms with Crippen LogP contribution in [0, 0.1) is 0 Å². The van der Waals surface area contributed by atoms with Crippen molar-refractivity contribution in [1.29, 1.82) is 0 Å². The first-order valence-electron chi connectivity index (χ1n) is 5.06. The summed E-state index contributed by atoms with van der Waals surface area (Å²) in [4.78, 5) is 0. The first-order valence-corrected chi connectivity index (χ1v) is 5.06. The van der Waals surface area contributed by atoms with E-state index in [1.165, 1.54) is 0 Å². The van der Waals surface area contributed by atoms with E-state index in [0.29, 0.717) is 12.2 Å². The van der Waals surface area contributed by atoms with Gasteiger partial charge in [0.1, 0.15) is 11.5 Å². The highest BCUT2D eigenvalue weighted by atomic mass is 19.4. The highest BCUT2D eigenvalue weighted by Gasteiger charge is 2.23. The topological polar surface area (TPSA) is 40.5 Å². The van der Waals surface area contributed by atoms with E-state index in [0.717, 1.165) is 12.1 Å². The Morgan fingerprint density at radius 1 is 0.700 bits per heavy atom. The number of phenolic OH excluding ortho intramolecular Hbond substituents is 2. The Bertz CT molecular complexity index is 490. The second kappa shape index (κ2) is 5.48. The average Bonchev–Trinajstić information content (AvgIpc) is 2.25. The van der Waals surface area contributed by atoms with Gasteiger partial charge in [-0.05, 0) is 24.3 Å². The van der Waals surface area contributed by atoms with Crippen molar-refractivity contribution in [3.05, 3.63) is 35.4 Å². The van der Waals surface area contributed by atoms with E-state index in [-0.39, 0.29) is 23.3 Å². The van der Waals surface area contributed by atoms with Gasteiger partial charge in [-0.15, -0.1) is 0 Å². The molecule has 2 nitrogen and oxygen atoms in total. The highest BCUT2D eigenvalue weighted by Crippen LogP contribution is 2.31. The molecule has 0 aliphatic rings. The van der Waals surface area contributed by atoms with Gasteiger partial charge in [-0.25, -0.2) is 0 Å². The predicted molar refractivity (Wildman–Crippen MR) is 59.9 cm³/mol. The maximum atomic E-state index is 11.9. The van der Waals surface area contributed by atoms with Gasteiger partial charge >= 0.3 is 12.4 Å². The molecule has 0 aromatic heterocycles. The number of aromatic hydroxyl groups is 2. The fourth-order valence-electron chi connectivity index (χ4n) is 1.24. The van der Waals surface area contributed by atoms with E-state index < -0.39 is 23.9 Å². The average molecular weight is 298 g/mol. The van der Waals surface area contributed by atoms with Crippen LogP contribution >= 0.6 is 0 Å². The highest BCUT2D eigenvalue weighted by molar-refractivity contribution is 5.67. The van der Waals surface area contributed by atoms with Crippen molar-refractivity contribution in [1.82, 2.24) is 0 Å². The Labute approximate surface area is 109 Å². The molecule has 0 radical (unpaired) electrons. The number of hydrogen-bond donors (Lipinski definition) is 2. The molecule has 0 aliphatic carbocycles. The molecular formula is C12H8F6O2. The molecule has 0 aliphatic heterocycles. The fourth-order valence-corrected chi connectivity index (χ4v) is 1.24. The number of phenols is 2. The van der Waals surface area contributed by atoms with Gasteiger partial charge in [-0.2, -0.15) is 26.3 Å². The second-order valence-electron chi connectivity index (χ2n) is 3.72. The first kappa shape index (κ1) is 15.9. The molecule has 110 valence electrons. The van der Waals surface area contributed by atoms with Gasteiger partial charge < -0.3 is 10.2 Å². The van der Waals surface area contributed by atoms with E-state index in [2.05, 4.69) is 0 Å². The third-order valence-electron chi connectivity index (χ3n) is 2.08. The third-order valence-corrected chi connectivity index (χ3v) is 2.08. The summed E-state index contributed by atoms with van der Waals surface area (Å²) in [5, 5.41) is 18.8. The number of alkyl halides is 6. The maximum Gasteiger partial charge on any atom is 0.409 e. The van der Waals surface area contributed by atoms with Crippen LogP contribution in [0.5, 0.6) is 11.5 Å². The Balaban J connectivity index is 3.10. The quantitative estimate of drug-likeness (QED) is 0.633. The summed E-state index contributed by atoms with van der Waals surface area (Å²) in [6, 6.07) is 1.46. The number of benzene rings is 1. The van der Waals surface area contributed by atoms with Gasteiger partial charge in [0.05, 0.1) is 0 Å². The molecule has 0 saturated carbocycles. The summed E-state index contributed by atoms with van der Waals surface area (Å²) >= 11 is 0. The van der Waals surface area contributed by atoms with Crippen molar-refractivity contribution in [2.75, 3.05) is 0 Å². The lowest BCUT2D eigenvalue weighted by atomic mass is 10.1. The first-order chi connectivity index (χ1) is 8.98. The van der Waals surface area contributed by atoms with Crippen molar-refractivity contribution in [2.24, 2.45) is 0 Å². The normalized spacial score (nSPS) is 13.5. The molecule has 0 heterocycles. The van der Waals surface area contributed by atoms with Crippen LogP contribution in [0.15, 0.2) is 24.3 Å². The van der Waals surface area contributed by atoms with E-state index >= 15 is 0 Å². The largest absolute Gasteiger partial charge is 0.507 e. The molecule has 1 aromatic carbocycles. The minimum Gasteiger partial charge on any atom is -0.507 e. The molecule has 0 bridgehead atoms. The van der Waals surface area contributed by atoms with Crippen molar-refractivity contribution >= 4 is 12.2 Å². The van der Waals surface area contributed by atoms with Crippen LogP contribution in [0.3, 0.4) is 0 Å². The van der Waals surface area contributed by atoms with Gasteiger partial charge in [-0.1, -0.05) is 0 Å². The van der Waals surface area contributed by atoms with E-state index in [9.17, 15) is 36.6 Å². The van der Waals surface area contributed by atoms with Crippen molar-refractivity contribution in [3.8, 4) is 11.5 Å². The zero-order valence-electron chi connectivity index (χ0n) is 9.63. The van der Waals surface area contributed by atoms with Gasteiger partial charge in [0.25, 0.3) is 0 Å². The summed E-state index contributed by atoms with van der Waals surface area (Å²) in [7, 11) is 0. The van der Waals surface area contributed by atoms with Crippen LogP contribution in [0.4, 0.5) is 26.3 Å². The molecule has 0 amide bonds. The smallest absolute Gasteiger partial charge is 0.409 e. The number of hydrogen-bond acceptors (Lipinski definition) is 2. The molecule has 1 aromatic rings. The zero-order valence-corrected chi connectivity index (χ0v) is 9.63. The minimum absolute atomic E-state index is 0.174. The summed E-state index contributed by atoms with van der Waals surface area (Å²) in [6.07, 6.45) is -8.59. The molecule has 0 unspecified atom stereocenters.